The van der Waals surface area contributed by atoms with Crippen LogP contribution in [0.2, 0.25) is 5.02 Å². The lowest BCUT2D eigenvalue weighted by Gasteiger charge is -2.07. The molecule has 0 aliphatic rings. The van der Waals surface area contributed by atoms with Crippen LogP contribution in [-0.2, 0) is 6.54 Å². The van der Waals surface area contributed by atoms with Crippen molar-refractivity contribution in [2.75, 3.05) is 0 Å². The summed E-state index contributed by atoms with van der Waals surface area (Å²) >= 11 is 5.87. The maximum atomic E-state index is 12.4. The molecular weight excluding hydrogens is 278 g/mol. The number of hydrogen-bond donors (Lipinski definition) is 0. The van der Waals surface area contributed by atoms with Crippen molar-refractivity contribution in [1.82, 2.24) is 9.55 Å². The Kier molecular flexibility index (Phi) is 3.01. The molecule has 6 heteroatoms. The maximum absolute atomic E-state index is 12.4. The van der Waals surface area contributed by atoms with E-state index in [0.29, 0.717) is 21.7 Å². The smallest absolute Gasteiger partial charge is 0.262 e. The SMILES string of the molecule is N#Cc1nc2cc(Cl)ccc2c(=O)n1Cc1ccco1. The average molecular weight is 286 g/mol. The van der Waals surface area contributed by atoms with Gasteiger partial charge in [0.15, 0.2) is 0 Å². The number of nitriles is 1. The first-order valence-electron chi connectivity index (χ1n) is 5.81. The van der Waals surface area contributed by atoms with Crippen LogP contribution in [0.3, 0.4) is 0 Å². The van der Waals surface area contributed by atoms with Gasteiger partial charge in [0.2, 0.25) is 5.82 Å². The van der Waals surface area contributed by atoms with E-state index in [1.807, 2.05) is 6.07 Å². The van der Waals surface area contributed by atoms with E-state index in [1.165, 1.54) is 10.8 Å². The van der Waals surface area contributed by atoms with Crippen LogP contribution in [0.4, 0.5) is 0 Å². The van der Waals surface area contributed by atoms with Crippen LogP contribution in [0.5, 0.6) is 0 Å². The molecule has 1 aromatic carbocycles. The van der Waals surface area contributed by atoms with Crippen LogP contribution in [0.25, 0.3) is 10.9 Å². The fourth-order valence-corrected chi connectivity index (χ4v) is 2.15. The molecule has 0 saturated heterocycles. The fraction of sp³-hybridized carbons (Fsp3) is 0.0714. The topological polar surface area (TPSA) is 71.8 Å². The zero-order valence-electron chi connectivity index (χ0n) is 10.2. The Morgan fingerprint density at radius 3 is 2.95 bits per heavy atom. The van der Waals surface area contributed by atoms with Crippen molar-refractivity contribution < 1.29 is 4.42 Å². The largest absolute Gasteiger partial charge is 0.467 e. The van der Waals surface area contributed by atoms with Crippen molar-refractivity contribution in [1.29, 1.82) is 5.26 Å². The second-order valence-electron chi connectivity index (χ2n) is 4.18. The summed E-state index contributed by atoms with van der Waals surface area (Å²) in [5.74, 6) is 0.611. The molecule has 3 rings (SSSR count). The first-order chi connectivity index (χ1) is 9.69. The molecule has 0 N–H and O–H groups in total. The van der Waals surface area contributed by atoms with Crippen molar-refractivity contribution in [2.45, 2.75) is 6.54 Å². The molecule has 0 aliphatic heterocycles. The molecule has 0 fully saturated rings. The fourth-order valence-electron chi connectivity index (χ4n) is 1.98. The quantitative estimate of drug-likeness (QED) is 0.725. The van der Waals surface area contributed by atoms with Crippen LogP contribution in [-0.4, -0.2) is 9.55 Å². The second kappa shape index (κ2) is 4.83. The standard InChI is InChI=1S/C14H8ClN3O2/c15-9-3-4-11-12(6-9)17-13(7-16)18(14(11)19)8-10-2-1-5-20-10/h1-6H,8H2. The monoisotopic (exact) mass is 285 g/mol. The van der Waals surface area contributed by atoms with Gasteiger partial charge in [-0.25, -0.2) is 4.98 Å². The van der Waals surface area contributed by atoms with E-state index in [4.69, 9.17) is 21.3 Å². The Hall–Kier alpha value is -2.58. The van der Waals surface area contributed by atoms with Crippen molar-refractivity contribution in [2.24, 2.45) is 0 Å². The van der Waals surface area contributed by atoms with Crippen LogP contribution in [0.1, 0.15) is 11.6 Å². The average Bonchev–Trinajstić information content (AvgIpc) is 2.94. The second-order valence-corrected chi connectivity index (χ2v) is 4.62. The van der Waals surface area contributed by atoms with Gasteiger partial charge < -0.3 is 4.42 Å². The van der Waals surface area contributed by atoms with E-state index < -0.39 is 0 Å². The summed E-state index contributed by atoms with van der Waals surface area (Å²) < 4.78 is 6.49. The van der Waals surface area contributed by atoms with E-state index >= 15 is 0 Å². The zero-order valence-corrected chi connectivity index (χ0v) is 11.0. The summed E-state index contributed by atoms with van der Waals surface area (Å²) in [7, 11) is 0. The van der Waals surface area contributed by atoms with Gasteiger partial charge in [0.25, 0.3) is 5.56 Å². The number of halogens is 1. The first-order valence-corrected chi connectivity index (χ1v) is 6.19. The molecule has 0 saturated carbocycles. The molecule has 0 aliphatic carbocycles. The Morgan fingerprint density at radius 2 is 2.25 bits per heavy atom. The first kappa shape index (κ1) is 12.5. The zero-order chi connectivity index (χ0) is 14.1. The van der Waals surface area contributed by atoms with E-state index in [-0.39, 0.29) is 17.9 Å². The summed E-state index contributed by atoms with van der Waals surface area (Å²) in [6.45, 7) is 0.167. The number of furan rings is 1. The van der Waals surface area contributed by atoms with Gasteiger partial charge in [-0.3, -0.25) is 9.36 Å². The van der Waals surface area contributed by atoms with E-state index in [0.717, 1.165) is 0 Å². The molecule has 0 atom stereocenters. The molecule has 0 radical (unpaired) electrons. The Balaban J connectivity index is 2.26. The minimum Gasteiger partial charge on any atom is -0.467 e. The summed E-state index contributed by atoms with van der Waals surface area (Å²) in [4.78, 5) is 16.6. The molecule has 0 unspecified atom stereocenters. The number of nitrogens with zero attached hydrogens (tertiary/aromatic N) is 3. The van der Waals surface area contributed by atoms with Gasteiger partial charge in [-0.15, -0.1) is 0 Å². The molecule has 98 valence electrons. The third kappa shape index (κ3) is 2.06. The van der Waals surface area contributed by atoms with Gasteiger partial charge in [-0.05, 0) is 30.3 Å². The minimum atomic E-state index is -0.292. The number of hydrogen-bond acceptors (Lipinski definition) is 4. The summed E-state index contributed by atoms with van der Waals surface area (Å²) in [6.07, 6.45) is 1.51. The Morgan fingerprint density at radius 1 is 1.40 bits per heavy atom. The van der Waals surface area contributed by atoms with Crippen LogP contribution >= 0.6 is 11.6 Å². The van der Waals surface area contributed by atoms with Crippen LogP contribution < -0.4 is 5.56 Å². The van der Waals surface area contributed by atoms with Gasteiger partial charge in [0.05, 0.1) is 23.7 Å². The minimum absolute atomic E-state index is 0.0289. The molecular formula is C14H8ClN3O2. The molecule has 3 aromatic rings. The highest BCUT2D eigenvalue weighted by Gasteiger charge is 2.12. The predicted octanol–water partition coefficient (Wildman–Crippen LogP) is 2.56. The van der Waals surface area contributed by atoms with E-state index in [2.05, 4.69) is 4.98 Å². The van der Waals surface area contributed by atoms with Gasteiger partial charge in [-0.2, -0.15) is 5.26 Å². The molecule has 20 heavy (non-hydrogen) atoms. The van der Waals surface area contributed by atoms with Crippen LogP contribution in [0.15, 0.2) is 45.8 Å². The van der Waals surface area contributed by atoms with Gasteiger partial charge in [-0.1, -0.05) is 11.6 Å². The van der Waals surface area contributed by atoms with Gasteiger partial charge in [0.1, 0.15) is 11.8 Å². The van der Waals surface area contributed by atoms with Crippen LogP contribution in [0, 0.1) is 11.3 Å². The molecule has 0 bridgehead atoms. The molecule has 0 amide bonds. The highest BCUT2D eigenvalue weighted by Crippen LogP contribution is 2.15. The number of benzene rings is 1. The third-order valence-electron chi connectivity index (χ3n) is 2.91. The normalized spacial score (nSPS) is 10.6. The van der Waals surface area contributed by atoms with Crippen molar-refractivity contribution in [3.63, 3.8) is 0 Å². The van der Waals surface area contributed by atoms with E-state index in [1.54, 1.807) is 30.3 Å². The maximum Gasteiger partial charge on any atom is 0.262 e. The lowest BCUT2D eigenvalue weighted by molar-refractivity contribution is 0.487. The molecule has 2 aromatic heterocycles. The van der Waals surface area contributed by atoms with Crippen molar-refractivity contribution in [3.05, 3.63) is 63.6 Å². The lowest BCUT2D eigenvalue weighted by Crippen LogP contribution is -2.24. The highest BCUT2D eigenvalue weighted by atomic mass is 35.5. The van der Waals surface area contributed by atoms with Crippen molar-refractivity contribution >= 4 is 22.5 Å². The molecule has 2 heterocycles. The predicted molar refractivity (Wildman–Crippen MR) is 73.5 cm³/mol. The van der Waals surface area contributed by atoms with Crippen molar-refractivity contribution in [3.8, 4) is 6.07 Å². The molecule has 0 spiro atoms. The highest BCUT2D eigenvalue weighted by molar-refractivity contribution is 6.31. The molecule has 5 nitrogen and oxygen atoms in total. The lowest BCUT2D eigenvalue weighted by atomic mass is 10.2. The van der Waals surface area contributed by atoms with Gasteiger partial charge >= 0.3 is 0 Å². The third-order valence-corrected chi connectivity index (χ3v) is 3.15. The van der Waals surface area contributed by atoms with E-state index in [9.17, 15) is 4.79 Å². The Bertz CT molecular complexity index is 876. The summed E-state index contributed by atoms with van der Waals surface area (Å²) in [5.41, 5.74) is 0.120. The Labute approximate surface area is 118 Å². The summed E-state index contributed by atoms with van der Waals surface area (Å²) in [6, 6.07) is 10.2. The number of aromatic nitrogens is 2. The summed E-state index contributed by atoms with van der Waals surface area (Å²) in [5, 5.41) is 10.1. The number of fused-ring (bicyclic) bond motifs is 1. The number of rotatable bonds is 2. The van der Waals surface area contributed by atoms with Gasteiger partial charge in [0, 0.05) is 5.02 Å².